The minimum Gasteiger partial charge on any atom is -0.373 e. The molecule has 2 atom stereocenters. The molecule has 2 unspecified atom stereocenters. The number of hydrogen-bond acceptors (Lipinski definition) is 3. The summed E-state index contributed by atoms with van der Waals surface area (Å²) in [5.41, 5.74) is 2.07. The Morgan fingerprint density at radius 1 is 1.25 bits per heavy atom. The van der Waals surface area contributed by atoms with Crippen molar-refractivity contribution in [1.29, 1.82) is 0 Å². The Kier molecular flexibility index (Phi) is 7.28. The second-order valence-corrected chi connectivity index (χ2v) is 7.55. The molecule has 1 aliphatic rings. The summed E-state index contributed by atoms with van der Waals surface area (Å²) in [6.07, 6.45) is 4.43. The minimum absolute atomic E-state index is 0.206. The van der Waals surface area contributed by atoms with Crippen molar-refractivity contribution in [2.24, 2.45) is 4.99 Å². The standard InChI is InChI=1S/C21H32FN5O/c1-15-13-27(14-16(2)28-15)10-4-8-24-21(23-3)25-9-7-17-12-26-20-6-5-18(22)11-19(17)20/h5-6,11-12,15-16,26H,4,7-10,13-14H2,1-3H3,(H2,23,24,25). The third-order valence-corrected chi connectivity index (χ3v) is 5.08. The maximum Gasteiger partial charge on any atom is 0.190 e. The Balaban J connectivity index is 1.37. The van der Waals surface area contributed by atoms with Crippen LogP contribution in [0.2, 0.25) is 0 Å². The molecule has 7 heteroatoms. The molecule has 28 heavy (non-hydrogen) atoms. The normalized spacial score (nSPS) is 21.2. The second kappa shape index (κ2) is 9.89. The molecule has 0 aliphatic carbocycles. The summed E-state index contributed by atoms with van der Waals surface area (Å²) in [7, 11) is 1.78. The molecule has 0 radical (unpaired) electrons. The van der Waals surface area contributed by atoms with Crippen molar-refractivity contribution in [1.82, 2.24) is 20.5 Å². The fourth-order valence-corrected chi connectivity index (χ4v) is 3.87. The number of aromatic amines is 1. The van der Waals surface area contributed by atoms with Gasteiger partial charge in [-0.25, -0.2) is 4.39 Å². The van der Waals surface area contributed by atoms with E-state index in [1.54, 1.807) is 19.2 Å². The minimum atomic E-state index is -0.206. The van der Waals surface area contributed by atoms with Crippen LogP contribution in [0.4, 0.5) is 4.39 Å². The first kappa shape index (κ1) is 20.6. The van der Waals surface area contributed by atoms with Gasteiger partial charge < -0.3 is 20.4 Å². The van der Waals surface area contributed by atoms with Crippen LogP contribution >= 0.6 is 0 Å². The Bertz CT molecular complexity index is 780. The topological polar surface area (TPSA) is 64.7 Å². The number of fused-ring (bicyclic) bond motifs is 1. The molecule has 3 N–H and O–H groups in total. The third-order valence-electron chi connectivity index (χ3n) is 5.08. The molecule has 2 aromatic rings. The third kappa shape index (κ3) is 5.69. The molecule has 1 saturated heterocycles. The molecule has 1 aromatic heterocycles. The maximum absolute atomic E-state index is 13.5. The van der Waals surface area contributed by atoms with E-state index in [0.29, 0.717) is 12.2 Å². The van der Waals surface area contributed by atoms with Crippen LogP contribution in [0.1, 0.15) is 25.8 Å². The van der Waals surface area contributed by atoms with Crippen LogP contribution in [0.5, 0.6) is 0 Å². The smallest absolute Gasteiger partial charge is 0.190 e. The summed E-state index contributed by atoms with van der Waals surface area (Å²) in [5.74, 6) is 0.595. The van der Waals surface area contributed by atoms with E-state index >= 15 is 0 Å². The molecule has 2 heterocycles. The zero-order chi connectivity index (χ0) is 19.9. The number of ether oxygens (including phenoxy) is 1. The quantitative estimate of drug-likeness (QED) is 0.387. The number of nitrogens with zero attached hydrogens (tertiary/aromatic N) is 2. The molecular weight excluding hydrogens is 357 g/mol. The van der Waals surface area contributed by atoms with E-state index in [1.807, 2.05) is 6.20 Å². The van der Waals surface area contributed by atoms with Gasteiger partial charge in [0.1, 0.15) is 5.82 Å². The van der Waals surface area contributed by atoms with Crippen LogP contribution in [-0.2, 0) is 11.2 Å². The zero-order valence-electron chi connectivity index (χ0n) is 17.1. The zero-order valence-corrected chi connectivity index (χ0v) is 17.1. The molecule has 0 spiro atoms. The first-order valence-corrected chi connectivity index (χ1v) is 10.1. The van der Waals surface area contributed by atoms with Crippen LogP contribution in [0.25, 0.3) is 10.9 Å². The maximum atomic E-state index is 13.5. The van der Waals surface area contributed by atoms with E-state index < -0.39 is 0 Å². The molecule has 6 nitrogen and oxygen atoms in total. The van der Waals surface area contributed by atoms with Crippen LogP contribution in [0.15, 0.2) is 29.4 Å². The van der Waals surface area contributed by atoms with Crippen LogP contribution in [0.3, 0.4) is 0 Å². The number of H-pyrrole nitrogens is 1. The highest BCUT2D eigenvalue weighted by molar-refractivity contribution is 5.83. The molecule has 3 rings (SSSR count). The highest BCUT2D eigenvalue weighted by atomic mass is 19.1. The van der Waals surface area contributed by atoms with E-state index in [1.165, 1.54) is 6.07 Å². The largest absolute Gasteiger partial charge is 0.373 e. The van der Waals surface area contributed by atoms with Crippen molar-refractivity contribution in [3.63, 3.8) is 0 Å². The van der Waals surface area contributed by atoms with Gasteiger partial charge in [0.05, 0.1) is 12.2 Å². The highest BCUT2D eigenvalue weighted by Crippen LogP contribution is 2.19. The van der Waals surface area contributed by atoms with Crippen molar-refractivity contribution >= 4 is 16.9 Å². The van der Waals surface area contributed by atoms with Crippen LogP contribution in [0, 0.1) is 5.82 Å². The van der Waals surface area contributed by atoms with Crippen molar-refractivity contribution in [2.75, 3.05) is 39.8 Å². The molecule has 154 valence electrons. The lowest BCUT2D eigenvalue weighted by Gasteiger charge is -2.35. The predicted octanol–water partition coefficient (Wildman–Crippen LogP) is 2.51. The average molecular weight is 390 g/mol. The number of hydrogen-bond donors (Lipinski definition) is 3. The summed E-state index contributed by atoms with van der Waals surface area (Å²) in [6.45, 7) is 8.94. The number of guanidine groups is 1. The molecule has 1 aliphatic heterocycles. The van der Waals surface area contributed by atoms with Gasteiger partial charge in [-0.15, -0.1) is 0 Å². The van der Waals surface area contributed by atoms with Gasteiger partial charge >= 0.3 is 0 Å². The number of halogens is 1. The molecular formula is C21H32FN5O. The van der Waals surface area contributed by atoms with Gasteiger partial charge in [0.25, 0.3) is 0 Å². The number of benzene rings is 1. The van der Waals surface area contributed by atoms with Gasteiger partial charge in [-0.2, -0.15) is 0 Å². The van der Waals surface area contributed by atoms with E-state index in [0.717, 1.165) is 68.0 Å². The van der Waals surface area contributed by atoms with Crippen LogP contribution in [-0.4, -0.2) is 67.8 Å². The van der Waals surface area contributed by atoms with Gasteiger partial charge in [0, 0.05) is 56.9 Å². The lowest BCUT2D eigenvalue weighted by atomic mass is 10.1. The Hall–Kier alpha value is -2.12. The van der Waals surface area contributed by atoms with E-state index in [-0.39, 0.29) is 5.82 Å². The first-order valence-electron chi connectivity index (χ1n) is 10.1. The van der Waals surface area contributed by atoms with Gasteiger partial charge in [-0.3, -0.25) is 9.89 Å². The van der Waals surface area contributed by atoms with Gasteiger partial charge in [0.15, 0.2) is 5.96 Å². The number of aromatic nitrogens is 1. The fraction of sp³-hybridized carbons (Fsp3) is 0.571. The second-order valence-electron chi connectivity index (χ2n) is 7.55. The molecule has 0 amide bonds. The van der Waals surface area contributed by atoms with E-state index in [4.69, 9.17) is 4.74 Å². The first-order chi connectivity index (χ1) is 13.5. The van der Waals surface area contributed by atoms with Crippen LogP contribution < -0.4 is 10.6 Å². The fourth-order valence-electron chi connectivity index (χ4n) is 3.87. The number of rotatable bonds is 7. The summed E-state index contributed by atoms with van der Waals surface area (Å²) in [4.78, 5) is 9.94. The summed E-state index contributed by atoms with van der Waals surface area (Å²) in [6, 6.07) is 4.84. The Labute approximate surface area is 166 Å². The average Bonchev–Trinajstić information content (AvgIpc) is 3.05. The van der Waals surface area contributed by atoms with Gasteiger partial charge in [-0.1, -0.05) is 0 Å². The van der Waals surface area contributed by atoms with Crippen molar-refractivity contribution in [3.05, 3.63) is 35.8 Å². The van der Waals surface area contributed by atoms with E-state index in [2.05, 4.69) is 39.4 Å². The lowest BCUT2D eigenvalue weighted by Crippen LogP contribution is -2.46. The van der Waals surface area contributed by atoms with Crippen molar-refractivity contribution < 1.29 is 9.13 Å². The monoisotopic (exact) mass is 389 g/mol. The summed E-state index contributed by atoms with van der Waals surface area (Å²) < 4.78 is 19.3. The van der Waals surface area contributed by atoms with E-state index in [9.17, 15) is 4.39 Å². The Morgan fingerprint density at radius 3 is 2.75 bits per heavy atom. The molecule has 0 saturated carbocycles. The number of aliphatic imine (C=N–C) groups is 1. The van der Waals surface area contributed by atoms with Gasteiger partial charge in [0.2, 0.25) is 0 Å². The van der Waals surface area contributed by atoms with Crippen molar-refractivity contribution in [2.45, 2.75) is 38.9 Å². The van der Waals surface area contributed by atoms with Crippen molar-refractivity contribution in [3.8, 4) is 0 Å². The van der Waals surface area contributed by atoms with Gasteiger partial charge in [-0.05, 0) is 50.5 Å². The summed E-state index contributed by atoms with van der Waals surface area (Å²) in [5, 5.41) is 7.65. The lowest BCUT2D eigenvalue weighted by molar-refractivity contribution is -0.0679. The molecule has 1 aromatic carbocycles. The Morgan fingerprint density at radius 2 is 2.00 bits per heavy atom. The summed E-state index contributed by atoms with van der Waals surface area (Å²) >= 11 is 0. The molecule has 1 fully saturated rings. The number of morpholine rings is 1. The highest BCUT2D eigenvalue weighted by Gasteiger charge is 2.21. The SMILES string of the molecule is CN=C(NCCCN1CC(C)OC(C)C1)NCCc1c[nH]c2ccc(F)cc12. The number of nitrogens with one attached hydrogen (secondary N) is 3. The predicted molar refractivity (Wildman–Crippen MR) is 112 cm³/mol. The molecule has 0 bridgehead atoms.